The topological polar surface area (TPSA) is 54.4 Å². The van der Waals surface area contributed by atoms with Crippen LogP contribution in [-0.4, -0.2) is 10.7 Å². The number of nitrogens with zero attached hydrogens (tertiary/aromatic N) is 1. The quantitative estimate of drug-likeness (QED) is 0.275. The Labute approximate surface area is 214 Å². The number of aromatic nitrogens is 1. The third-order valence-corrected chi connectivity index (χ3v) is 6.98. The number of hydrogen-bond acceptors (Lipinski definition) is 3. The lowest BCUT2D eigenvalue weighted by atomic mass is 10.0. The van der Waals surface area contributed by atoms with Crippen LogP contribution in [-0.2, 0) is 0 Å². The molecule has 0 saturated heterocycles. The second-order valence-corrected chi connectivity index (χ2v) is 9.30. The molecule has 4 heterocycles. The molecule has 4 heteroatoms. The molecule has 0 unspecified atom stereocenters. The lowest BCUT2D eigenvalue weighted by Crippen LogP contribution is -1.96. The lowest BCUT2D eigenvalue weighted by molar-refractivity contribution is 0.577. The molecule has 0 amide bonds. The number of fused-ring (bicyclic) bond motifs is 2. The fraction of sp³-hybridized carbons (Fsp3) is 0.0606. The fourth-order valence-corrected chi connectivity index (χ4v) is 5.36. The van der Waals surface area contributed by atoms with Crippen molar-refractivity contribution in [3.8, 4) is 11.3 Å². The molecular formula is C33H24N2O2. The number of allylic oxidation sites excluding steroid dienone is 2. The third-order valence-electron chi connectivity index (χ3n) is 6.98. The Balaban J connectivity index is 1.39. The van der Waals surface area contributed by atoms with Crippen molar-refractivity contribution in [1.82, 2.24) is 4.98 Å². The molecule has 7 rings (SSSR count). The van der Waals surface area contributed by atoms with Gasteiger partial charge in [-0.2, -0.15) is 0 Å². The zero-order chi connectivity index (χ0) is 24.9. The monoisotopic (exact) mass is 480 g/mol. The smallest absolute Gasteiger partial charge is 0.134 e. The van der Waals surface area contributed by atoms with Crippen LogP contribution in [0.15, 0.2) is 123 Å². The molecule has 1 aliphatic rings. The number of para-hydroxylation sites is 2. The van der Waals surface area contributed by atoms with Gasteiger partial charge in [-0.3, -0.25) is 0 Å². The molecule has 0 atom stereocenters. The van der Waals surface area contributed by atoms with Crippen LogP contribution in [0.5, 0.6) is 0 Å². The summed E-state index contributed by atoms with van der Waals surface area (Å²) in [5, 5.41) is 2.18. The van der Waals surface area contributed by atoms with Gasteiger partial charge in [0.1, 0.15) is 22.7 Å². The van der Waals surface area contributed by atoms with Gasteiger partial charge in [-0.05, 0) is 55.8 Å². The Morgan fingerprint density at radius 3 is 2.00 bits per heavy atom. The average molecular weight is 481 g/mol. The number of hydrogen-bond donors (Lipinski definition) is 1. The number of aryl methyl sites for hydroxylation is 2. The van der Waals surface area contributed by atoms with Gasteiger partial charge in [0.25, 0.3) is 0 Å². The molecule has 178 valence electrons. The molecule has 0 saturated carbocycles. The Hall–Kier alpha value is -4.83. The van der Waals surface area contributed by atoms with Crippen LogP contribution >= 0.6 is 0 Å². The van der Waals surface area contributed by atoms with Crippen molar-refractivity contribution in [3.63, 3.8) is 0 Å². The largest absolute Gasteiger partial charge is 0.461 e. The molecule has 3 aromatic carbocycles. The van der Waals surface area contributed by atoms with Crippen molar-refractivity contribution < 1.29 is 8.83 Å². The second kappa shape index (κ2) is 8.38. The van der Waals surface area contributed by atoms with E-state index in [0.29, 0.717) is 0 Å². The lowest BCUT2D eigenvalue weighted by Gasteiger charge is -2.09. The zero-order valence-electron chi connectivity index (χ0n) is 20.6. The minimum absolute atomic E-state index is 0.872. The summed E-state index contributed by atoms with van der Waals surface area (Å²) < 4.78 is 12.1. The molecule has 0 spiro atoms. The van der Waals surface area contributed by atoms with E-state index in [2.05, 4.69) is 65.7 Å². The summed E-state index contributed by atoms with van der Waals surface area (Å²) in [7, 11) is 0. The Morgan fingerprint density at radius 2 is 1.27 bits per heavy atom. The van der Waals surface area contributed by atoms with Gasteiger partial charge in [-0.25, -0.2) is 4.99 Å². The molecule has 0 aliphatic carbocycles. The van der Waals surface area contributed by atoms with E-state index in [-0.39, 0.29) is 0 Å². The van der Waals surface area contributed by atoms with Crippen molar-refractivity contribution >= 4 is 33.2 Å². The molecule has 1 N–H and O–H groups in total. The molecule has 0 fully saturated rings. The van der Waals surface area contributed by atoms with Gasteiger partial charge in [0, 0.05) is 38.9 Å². The minimum Gasteiger partial charge on any atom is -0.461 e. The molecule has 0 bridgehead atoms. The number of aromatic amines is 1. The molecular weight excluding hydrogens is 456 g/mol. The van der Waals surface area contributed by atoms with Crippen LogP contribution in [0.1, 0.15) is 28.3 Å². The van der Waals surface area contributed by atoms with E-state index >= 15 is 0 Å². The van der Waals surface area contributed by atoms with Gasteiger partial charge in [0.05, 0.1) is 11.4 Å². The summed E-state index contributed by atoms with van der Waals surface area (Å²) in [6.07, 6.45) is 4.18. The van der Waals surface area contributed by atoms with Gasteiger partial charge in [0.2, 0.25) is 0 Å². The normalized spacial score (nSPS) is 14.6. The van der Waals surface area contributed by atoms with Crippen molar-refractivity contribution in [1.29, 1.82) is 0 Å². The van der Waals surface area contributed by atoms with Crippen LogP contribution in [0.25, 0.3) is 38.8 Å². The predicted octanol–water partition coefficient (Wildman–Crippen LogP) is 8.61. The fourth-order valence-electron chi connectivity index (χ4n) is 5.36. The summed E-state index contributed by atoms with van der Waals surface area (Å²) in [5.41, 5.74) is 9.90. The van der Waals surface area contributed by atoms with Crippen LogP contribution in [0.3, 0.4) is 0 Å². The van der Waals surface area contributed by atoms with E-state index in [1.807, 2.05) is 56.3 Å². The maximum absolute atomic E-state index is 6.04. The first kappa shape index (κ1) is 21.5. The molecule has 6 aromatic rings. The Kier molecular flexibility index (Phi) is 4.86. The van der Waals surface area contributed by atoms with Gasteiger partial charge < -0.3 is 13.8 Å². The first-order valence-corrected chi connectivity index (χ1v) is 12.4. The zero-order valence-corrected chi connectivity index (χ0v) is 20.6. The highest BCUT2D eigenvalue weighted by Crippen LogP contribution is 2.37. The summed E-state index contributed by atoms with van der Waals surface area (Å²) in [4.78, 5) is 8.80. The van der Waals surface area contributed by atoms with Crippen LogP contribution in [0.4, 0.5) is 0 Å². The first-order chi connectivity index (χ1) is 18.2. The number of nitrogens with one attached hydrogen (secondary N) is 1. The third kappa shape index (κ3) is 3.49. The van der Waals surface area contributed by atoms with Gasteiger partial charge >= 0.3 is 0 Å². The molecule has 0 radical (unpaired) electrons. The van der Waals surface area contributed by atoms with Crippen LogP contribution in [0.2, 0.25) is 0 Å². The van der Waals surface area contributed by atoms with Crippen LogP contribution in [0, 0.1) is 13.8 Å². The van der Waals surface area contributed by atoms with Crippen molar-refractivity contribution in [2.45, 2.75) is 13.8 Å². The second-order valence-electron chi connectivity index (χ2n) is 9.30. The first-order valence-electron chi connectivity index (χ1n) is 12.4. The number of aliphatic imine (C=N–C) groups is 1. The molecule has 4 nitrogen and oxygen atoms in total. The molecule has 1 aliphatic heterocycles. The summed E-state index contributed by atoms with van der Waals surface area (Å²) in [6.45, 7) is 4.01. The van der Waals surface area contributed by atoms with Crippen LogP contribution < -0.4 is 0 Å². The SMILES string of the molecule is Cc1oc2ccccc2c1C1=N/C(=C(/c2ccccc2)c2ccc(-c3c(C)oc4ccccc34)[nH]2)C=C1. The summed E-state index contributed by atoms with van der Waals surface area (Å²) >= 11 is 0. The van der Waals surface area contributed by atoms with E-state index in [1.54, 1.807) is 0 Å². The summed E-state index contributed by atoms with van der Waals surface area (Å²) in [6, 6.07) is 30.9. The maximum atomic E-state index is 6.04. The minimum atomic E-state index is 0.872. The standard InChI is InChI=1S/C33H24N2O2/c1-20-31(23-12-6-8-14-29(23)36-20)25-16-18-27(34-25)33(22-10-4-3-5-11-22)28-19-17-26(35-28)32-21(2)37-30-15-9-7-13-24(30)32/h3-19,34H,1-2H3/b33-28-. The number of rotatable bonds is 4. The van der Waals surface area contributed by atoms with E-state index in [9.17, 15) is 0 Å². The number of H-pyrrole nitrogens is 1. The van der Waals surface area contributed by atoms with Crippen molar-refractivity contribution in [3.05, 3.63) is 137 Å². The Bertz CT molecular complexity index is 1890. The highest BCUT2D eigenvalue weighted by atomic mass is 16.3. The maximum Gasteiger partial charge on any atom is 0.134 e. The number of furan rings is 2. The average Bonchev–Trinajstić information content (AvgIpc) is 3.69. The van der Waals surface area contributed by atoms with Crippen molar-refractivity contribution in [2.24, 2.45) is 4.99 Å². The van der Waals surface area contributed by atoms with E-state index in [1.165, 1.54) is 0 Å². The highest BCUT2D eigenvalue weighted by molar-refractivity contribution is 6.19. The Morgan fingerprint density at radius 1 is 0.649 bits per heavy atom. The van der Waals surface area contributed by atoms with Gasteiger partial charge in [0.15, 0.2) is 0 Å². The molecule has 37 heavy (non-hydrogen) atoms. The van der Waals surface area contributed by atoms with E-state index in [0.717, 1.165) is 78.5 Å². The van der Waals surface area contributed by atoms with E-state index in [4.69, 9.17) is 13.8 Å². The van der Waals surface area contributed by atoms with E-state index < -0.39 is 0 Å². The highest BCUT2D eigenvalue weighted by Gasteiger charge is 2.21. The van der Waals surface area contributed by atoms with Gasteiger partial charge in [-0.15, -0.1) is 0 Å². The number of benzene rings is 3. The molecule has 3 aromatic heterocycles. The summed E-state index contributed by atoms with van der Waals surface area (Å²) in [5.74, 6) is 1.77. The van der Waals surface area contributed by atoms with Crippen molar-refractivity contribution in [2.75, 3.05) is 0 Å². The van der Waals surface area contributed by atoms with Gasteiger partial charge in [-0.1, -0.05) is 66.7 Å². The predicted molar refractivity (Wildman–Crippen MR) is 150 cm³/mol.